The molecule has 2 N–H and O–H groups in total. The average Bonchev–Trinajstić information content (AvgIpc) is 2.44. The lowest BCUT2D eigenvalue weighted by atomic mass is 10.4. The molecule has 108 valence electrons. The van der Waals surface area contributed by atoms with Crippen molar-refractivity contribution in [2.75, 3.05) is 50.1 Å². The summed E-state index contributed by atoms with van der Waals surface area (Å²) in [5, 5.41) is 7.46. The van der Waals surface area contributed by atoms with E-state index in [1.165, 1.54) is 0 Å². The van der Waals surface area contributed by atoms with Gasteiger partial charge >= 0.3 is 0 Å². The van der Waals surface area contributed by atoms with Gasteiger partial charge in [0.1, 0.15) is 11.6 Å². The molecule has 0 amide bonds. The van der Waals surface area contributed by atoms with Crippen LogP contribution in [0.5, 0.6) is 0 Å². The molecule has 1 aromatic rings. The fraction of sp³-hybridized carbons (Fsp3) is 0.692. The van der Waals surface area contributed by atoms with Crippen LogP contribution in [-0.4, -0.2) is 54.4 Å². The van der Waals surface area contributed by atoms with Gasteiger partial charge in [-0.15, -0.1) is 0 Å². The van der Waals surface area contributed by atoms with Gasteiger partial charge in [-0.25, -0.2) is 9.97 Å². The second-order valence-electron chi connectivity index (χ2n) is 4.37. The Bertz CT molecular complexity index is 372. The standard InChI is InChI=1S/C13H25N5S/c1-5-7-14-11-10-12(17-13(16-11)19-4)15-8-9-18(3)6-2/h10H,5-9H2,1-4H3,(H2,14,15,16,17). The van der Waals surface area contributed by atoms with Crippen LogP contribution in [0, 0.1) is 0 Å². The first-order valence-electron chi connectivity index (χ1n) is 6.79. The van der Waals surface area contributed by atoms with Crippen LogP contribution in [0.1, 0.15) is 20.3 Å². The number of likely N-dealkylation sites (N-methyl/N-ethyl adjacent to an activating group) is 1. The number of rotatable bonds is 9. The fourth-order valence-corrected chi connectivity index (χ4v) is 1.86. The third kappa shape index (κ3) is 6.11. The summed E-state index contributed by atoms with van der Waals surface area (Å²) in [5.41, 5.74) is 0. The molecule has 0 unspecified atom stereocenters. The van der Waals surface area contributed by atoms with E-state index in [1.807, 2.05) is 12.3 Å². The summed E-state index contributed by atoms with van der Waals surface area (Å²) < 4.78 is 0. The molecular formula is C13H25N5S. The van der Waals surface area contributed by atoms with Crippen molar-refractivity contribution < 1.29 is 0 Å². The molecule has 0 aromatic carbocycles. The van der Waals surface area contributed by atoms with Gasteiger partial charge in [-0.2, -0.15) is 0 Å². The lowest BCUT2D eigenvalue weighted by Crippen LogP contribution is -2.25. The van der Waals surface area contributed by atoms with Crippen molar-refractivity contribution in [2.45, 2.75) is 25.4 Å². The van der Waals surface area contributed by atoms with Crippen LogP contribution in [0.2, 0.25) is 0 Å². The summed E-state index contributed by atoms with van der Waals surface area (Å²) in [6, 6.07) is 1.97. The molecule has 1 aromatic heterocycles. The van der Waals surface area contributed by atoms with E-state index in [-0.39, 0.29) is 0 Å². The minimum absolute atomic E-state index is 0.799. The zero-order valence-corrected chi connectivity index (χ0v) is 13.2. The molecule has 6 heteroatoms. The van der Waals surface area contributed by atoms with Gasteiger partial charge in [-0.1, -0.05) is 25.6 Å². The normalized spacial score (nSPS) is 10.8. The molecule has 0 saturated heterocycles. The maximum atomic E-state index is 4.46. The molecular weight excluding hydrogens is 258 g/mol. The maximum Gasteiger partial charge on any atom is 0.191 e. The van der Waals surface area contributed by atoms with Gasteiger partial charge in [0.05, 0.1) is 0 Å². The largest absolute Gasteiger partial charge is 0.370 e. The predicted molar refractivity (Wildman–Crippen MR) is 84.3 cm³/mol. The molecule has 1 heterocycles. The van der Waals surface area contributed by atoms with Gasteiger partial charge in [0, 0.05) is 25.7 Å². The Balaban J connectivity index is 2.60. The van der Waals surface area contributed by atoms with Crippen LogP contribution >= 0.6 is 11.8 Å². The Morgan fingerprint density at radius 2 is 1.79 bits per heavy atom. The molecule has 0 radical (unpaired) electrons. The van der Waals surface area contributed by atoms with Crippen molar-refractivity contribution in [3.05, 3.63) is 6.07 Å². The molecule has 0 fully saturated rings. The number of thioether (sulfide) groups is 1. The summed E-state index contributed by atoms with van der Waals surface area (Å²) in [6.45, 7) is 8.19. The Morgan fingerprint density at radius 3 is 2.32 bits per heavy atom. The zero-order chi connectivity index (χ0) is 14.1. The predicted octanol–water partition coefficient (Wildman–Crippen LogP) is 2.38. The van der Waals surface area contributed by atoms with Gasteiger partial charge in [-0.05, 0) is 26.3 Å². The Hall–Kier alpha value is -1.01. The highest BCUT2D eigenvalue weighted by Gasteiger charge is 2.03. The lowest BCUT2D eigenvalue weighted by molar-refractivity contribution is 0.367. The van der Waals surface area contributed by atoms with E-state index in [1.54, 1.807) is 11.8 Å². The summed E-state index contributed by atoms with van der Waals surface area (Å²) >= 11 is 1.56. The summed E-state index contributed by atoms with van der Waals surface area (Å²) in [6.07, 6.45) is 3.08. The molecule has 0 aliphatic carbocycles. The second-order valence-corrected chi connectivity index (χ2v) is 5.15. The van der Waals surface area contributed by atoms with Crippen molar-refractivity contribution in [2.24, 2.45) is 0 Å². The van der Waals surface area contributed by atoms with E-state index < -0.39 is 0 Å². The highest BCUT2D eigenvalue weighted by Crippen LogP contribution is 2.17. The molecule has 1 rings (SSSR count). The molecule has 0 spiro atoms. The summed E-state index contributed by atoms with van der Waals surface area (Å²) in [4.78, 5) is 11.2. The number of hydrogen-bond donors (Lipinski definition) is 2. The van der Waals surface area contributed by atoms with E-state index in [2.05, 4.69) is 46.4 Å². The number of nitrogens with zero attached hydrogens (tertiary/aromatic N) is 3. The monoisotopic (exact) mass is 283 g/mol. The van der Waals surface area contributed by atoms with Crippen molar-refractivity contribution in [3.8, 4) is 0 Å². The van der Waals surface area contributed by atoms with Gasteiger partial charge < -0.3 is 15.5 Å². The highest BCUT2D eigenvalue weighted by atomic mass is 32.2. The molecule has 0 aliphatic heterocycles. The first-order valence-corrected chi connectivity index (χ1v) is 8.01. The van der Waals surface area contributed by atoms with Crippen LogP contribution in [0.15, 0.2) is 11.2 Å². The Kier molecular flexibility index (Phi) is 7.59. The Labute approximate surface area is 120 Å². The first-order chi connectivity index (χ1) is 9.19. The van der Waals surface area contributed by atoms with E-state index >= 15 is 0 Å². The molecule has 0 bridgehead atoms. The maximum absolute atomic E-state index is 4.46. The Morgan fingerprint density at radius 1 is 1.16 bits per heavy atom. The number of aromatic nitrogens is 2. The number of nitrogens with one attached hydrogen (secondary N) is 2. The average molecular weight is 283 g/mol. The molecule has 0 saturated carbocycles. The fourth-order valence-electron chi connectivity index (χ4n) is 1.48. The van der Waals surface area contributed by atoms with Gasteiger partial charge in [0.2, 0.25) is 0 Å². The minimum atomic E-state index is 0.799. The van der Waals surface area contributed by atoms with E-state index in [9.17, 15) is 0 Å². The van der Waals surface area contributed by atoms with Crippen molar-refractivity contribution >= 4 is 23.4 Å². The van der Waals surface area contributed by atoms with E-state index in [0.29, 0.717) is 0 Å². The van der Waals surface area contributed by atoms with Crippen LogP contribution < -0.4 is 10.6 Å². The summed E-state index contributed by atoms with van der Waals surface area (Å²) in [5.74, 6) is 1.79. The quantitative estimate of drug-likeness (QED) is 0.536. The van der Waals surface area contributed by atoms with Crippen molar-refractivity contribution in [3.63, 3.8) is 0 Å². The smallest absolute Gasteiger partial charge is 0.191 e. The SMILES string of the molecule is CCCNc1cc(NCCN(C)CC)nc(SC)n1. The minimum Gasteiger partial charge on any atom is -0.370 e. The molecule has 19 heavy (non-hydrogen) atoms. The van der Waals surface area contributed by atoms with Crippen molar-refractivity contribution in [1.82, 2.24) is 14.9 Å². The van der Waals surface area contributed by atoms with Crippen molar-refractivity contribution in [1.29, 1.82) is 0 Å². The first kappa shape index (κ1) is 16.0. The van der Waals surface area contributed by atoms with E-state index in [0.717, 1.165) is 49.4 Å². The molecule has 0 atom stereocenters. The topological polar surface area (TPSA) is 53.1 Å². The molecule has 5 nitrogen and oxygen atoms in total. The molecule has 0 aliphatic rings. The number of anilines is 2. The van der Waals surface area contributed by atoms with E-state index in [4.69, 9.17) is 0 Å². The third-order valence-electron chi connectivity index (χ3n) is 2.78. The van der Waals surface area contributed by atoms with Crippen LogP contribution in [0.25, 0.3) is 0 Å². The highest BCUT2D eigenvalue weighted by molar-refractivity contribution is 7.98. The van der Waals surface area contributed by atoms with Crippen LogP contribution in [-0.2, 0) is 0 Å². The second kappa shape index (κ2) is 8.98. The van der Waals surface area contributed by atoms with Crippen LogP contribution in [0.4, 0.5) is 11.6 Å². The van der Waals surface area contributed by atoms with Gasteiger partial charge in [0.15, 0.2) is 5.16 Å². The van der Waals surface area contributed by atoms with Crippen LogP contribution in [0.3, 0.4) is 0 Å². The third-order valence-corrected chi connectivity index (χ3v) is 3.33. The summed E-state index contributed by atoms with van der Waals surface area (Å²) in [7, 11) is 2.11. The number of hydrogen-bond acceptors (Lipinski definition) is 6. The van der Waals surface area contributed by atoms with Gasteiger partial charge in [0.25, 0.3) is 0 Å². The zero-order valence-electron chi connectivity index (χ0n) is 12.4. The lowest BCUT2D eigenvalue weighted by Gasteiger charge is -2.15. The van der Waals surface area contributed by atoms with Gasteiger partial charge in [-0.3, -0.25) is 0 Å².